The van der Waals surface area contributed by atoms with Crippen molar-refractivity contribution in [1.82, 2.24) is 19.7 Å². The topological polar surface area (TPSA) is 71.8 Å². The molecule has 2 aliphatic heterocycles. The summed E-state index contributed by atoms with van der Waals surface area (Å²) in [7, 11) is 0. The Morgan fingerprint density at radius 1 is 1.19 bits per heavy atom. The molecule has 0 fully saturated rings. The fraction of sp³-hybridized carbons (Fsp3) is 0.292. The molecule has 0 bridgehead atoms. The highest BCUT2D eigenvalue weighted by molar-refractivity contribution is 7.17. The van der Waals surface area contributed by atoms with E-state index in [9.17, 15) is 4.79 Å². The minimum atomic E-state index is -0.286. The average molecular weight is 446 g/mol. The maximum absolute atomic E-state index is 12.6. The molecule has 1 aromatic carbocycles. The Kier molecular flexibility index (Phi) is 4.10. The molecule has 7 nitrogen and oxygen atoms in total. The van der Waals surface area contributed by atoms with Crippen molar-refractivity contribution in [3.63, 3.8) is 0 Å². The highest BCUT2D eigenvalue weighted by atomic mass is 32.1. The highest BCUT2D eigenvalue weighted by Gasteiger charge is 2.35. The molecular formula is C24H23N5O2S. The summed E-state index contributed by atoms with van der Waals surface area (Å²) < 4.78 is 8.07. The first-order valence-corrected chi connectivity index (χ1v) is 11.5. The molecule has 32 heavy (non-hydrogen) atoms. The van der Waals surface area contributed by atoms with E-state index >= 15 is 0 Å². The Balaban J connectivity index is 1.46. The number of amides is 1. The third-order valence-electron chi connectivity index (χ3n) is 5.98. The molecule has 0 saturated carbocycles. The number of nitrogens with one attached hydrogen (secondary N) is 1. The Hall–Kier alpha value is -3.39. The van der Waals surface area contributed by atoms with E-state index in [0.29, 0.717) is 18.0 Å². The maximum atomic E-state index is 12.6. The number of thiazole rings is 1. The number of aryl methyl sites for hydroxylation is 1. The van der Waals surface area contributed by atoms with Gasteiger partial charge in [-0.1, -0.05) is 17.4 Å². The predicted octanol–water partition coefficient (Wildman–Crippen LogP) is 4.36. The van der Waals surface area contributed by atoms with Crippen LogP contribution in [0, 0.1) is 6.92 Å². The first kappa shape index (κ1) is 19.3. The number of ether oxygens (including phenoxy) is 1. The normalized spacial score (nSPS) is 17.0. The van der Waals surface area contributed by atoms with E-state index in [0.717, 1.165) is 51.3 Å². The van der Waals surface area contributed by atoms with Gasteiger partial charge in [-0.05, 0) is 51.1 Å². The minimum Gasteiger partial charge on any atom is -0.490 e. The Bertz CT molecular complexity index is 1390. The number of anilines is 2. The van der Waals surface area contributed by atoms with Gasteiger partial charge in [0, 0.05) is 23.7 Å². The van der Waals surface area contributed by atoms with Crippen LogP contribution in [-0.4, -0.2) is 39.0 Å². The Morgan fingerprint density at radius 2 is 2.06 bits per heavy atom. The fourth-order valence-electron chi connectivity index (χ4n) is 4.60. The highest BCUT2D eigenvalue weighted by Crippen LogP contribution is 2.42. The van der Waals surface area contributed by atoms with E-state index in [4.69, 9.17) is 14.7 Å². The molecule has 162 valence electrons. The standard InChI is InChI=1S/C24H23N5O2S/c1-14-20(29-9-5-4-6-19(29)25-14)15-7-8-18-17(12-15)28(10-11-31-18)23-26-16-13-24(2,3)27-22(30)21(16)32-23/h4-9,12H,10-11,13H2,1-3H3,(H,27,30). The van der Waals surface area contributed by atoms with Gasteiger partial charge >= 0.3 is 0 Å². The average Bonchev–Trinajstić information content (AvgIpc) is 3.32. The number of rotatable bonds is 2. The lowest BCUT2D eigenvalue weighted by molar-refractivity contribution is 0.0901. The smallest absolute Gasteiger partial charge is 0.263 e. The summed E-state index contributed by atoms with van der Waals surface area (Å²) in [5.41, 5.74) is 5.58. The van der Waals surface area contributed by atoms with E-state index in [1.165, 1.54) is 11.3 Å². The molecule has 4 aromatic rings. The Morgan fingerprint density at radius 3 is 2.94 bits per heavy atom. The van der Waals surface area contributed by atoms with Gasteiger partial charge in [0.1, 0.15) is 22.9 Å². The molecule has 0 spiro atoms. The number of hydrogen-bond acceptors (Lipinski definition) is 6. The predicted molar refractivity (Wildman–Crippen MR) is 125 cm³/mol. The number of carbonyl (C=O) groups excluding carboxylic acids is 1. The van der Waals surface area contributed by atoms with Crippen molar-refractivity contribution in [3.05, 3.63) is 58.9 Å². The van der Waals surface area contributed by atoms with Crippen molar-refractivity contribution in [3.8, 4) is 17.0 Å². The van der Waals surface area contributed by atoms with E-state index in [-0.39, 0.29) is 11.4 Å². The van der Waals surface area contributed by atoms with Crippen LogP contribution in [0.5, 0.6) is 5.75 Å². The first-order valence-electron chi connectivity index (χ1n) is 10.7. The third-order valence-corrected chi connectivity index (χ3v) is 7.10. The van der Waals surface area contributed by atoms with E-state index < -0.39 is 0 Å². The molecule has 0 unspecified atom stereocenters. The van der Waals surface area contributed by atoms with E-state index in [1.54, 1.807) is 0 Å². The second-order valence-corrected chi connectivity index (χ2v) is 9.92. The monoisotopic (exact) mass is 445 g/mol. The number of carbonyl (C=O) groups is 1. The zero-order valence-electron chi connectivity index (χ0n) is 18.2. The second kappa shape index (κ2) is 6.80. The minimum absolute atomic E-state index is 0.0383. The van der Waals surface area contributed by atoms with Crippen molar-refractivity contribution in [2.24, 2.45) is 0 Å². The molecule has 5 heterocycles. The van der Waals surface area contributed by atoms with Crippen LogP contribution in [0.4, 0.5) is 10.8 Å². The van der Waals surface area contributed by atoms with Gasteiger partial charge in [-0.2, -0.15) is 0 Å². The van der Waals surface area contributed by atoms with Crippen molar-refractivity contribution >= 4 is 33.7 Å². The van der Waals surface area contributed by atoms with Gasteiger partial charge in [-0.25, -0.2) is 9.97 Å². The number of imidazole rings is 1. The summed E-state index contributed by atoms with van der Waals surface area (Å²) >= 11 is 1.45. The third kappa shape index (κ3) is 2.97. The van der Waals surface area contributed by atoms with Crippen molar-refractivity contribution < 1.29 is 9.53 Å². The van der Waals surface area contributed by atoms with Crippen LogP contribution < -0.4 is 15.0 Å². The van der Waals surface area contributed by atoms with Gasteiger partial charge in [-0.3, -0.25) is 9.20 Å². The van der Waals surface area contributed by atoms with Gasteiger partial charge in [0.25, 0.3) is 5.91 Å². The van der Waals surface area contributed by atoms with Crippen LogP contribution in [0.3, 0.4) is 0 Å². The molecule has 0 atom stereocenters. The van der Waals surface area contributed by atoms with Gasteiger partial charge in [0.15, 0.2) is 5.13 Å². The number of aromatic nitrogens is 3. The van der Waals surface area contributed by atoms with Crippen LogP contribution in [0.15, 0.2) is 42.6 Å². The van der Waals surface area contributed by atoms with Crippen LogP contribution in [0.25, 0.3) is 16.9 Å². The first-order chi connectivity index (χ1) is 15.4. The van der Waals surface area contributed by atoms with Crippen LogP contribution in [0.2, 0.25) is 0 Å². The molecular weight excluding hydrogens is 422 g/mol. The molecule has 3 aromatic heterocycles. The summed E-state index contributed by atoms with van der Waals surface area (Å²) in [4.78, 5) is 25.1. The van der Waals surface area contributed by atoms with Gasteiger partial charge < -0.3 is 15.0 Å². The zero-order valence-corrected chi connectivity index (χ0v) is 19.0. The van der Waals surface area contributed by atoms with Crippen molar-refractivity contribution in [2.45, 2.75) is 32.7 Å². The Labute approximate surface area is 189 Å². The molecule has 2 aliphatic rings. The zero-order chi connectivity index (χ0) is 22.0. The van der Waals surface area contributed by atoms with Gasteiger partial charge in [0.2, 0.25) is 0 Å². The second-order valence-electron chi connectivity index (χ2n) is 8.94. The number of fused-ring (bicyclic) bond motifs is 3. The summed E-state index contributed by atoms with van der Waals surface area (Å²) in [5, 5.41) is 3.91. The molecule has 1 N–H and O–H groups in total. The molecule has 0 aliphatic carbocycles. The number of hydrogen-bond donors (Lipinski definition) is 1. The van der Waals surface area contributed by atoms with Crippen LogP contribution in [0.1, 0.15) is 34.9 Å². The molecule has 0 radical (unpaired) electrons. The molecule has 0 saturated heterocycles. The molecule has 6 rings (SSSR count). The number of benzene rings is 1. The van der Waals surface area contributed by atoms with Crippen molar-refractivity contribution in [1.29, 1.82) is 0 Å². The van der Waals surface area contributed by atoms with Crippen LogP contribution >= 0.6 is 11.3 Å². The maximum Gasteiger partial charge on any atom is 0.263 e. The lowest BCUT2D eigenvalue weighted by Gasteiger charge is -2.30. The molecule has 1 amide bonds. The van der Waals surface area contributed by atoms with Gasteiger partial charge in [-0.15, -0.1) is 0 Å². The van der Waals surface area contributed by atoms with Crippen molar-refractivity contribution in [2.75, 3.05) is 18.1 Å². The summed E-state index contributed by atoms with van der Waals surface area (Å²) in [6, 6.07) is 12.3. The largest absolute Gasteiger partial charge is 0.490 e. The number of pyridine rings is 1. The van der Waals surface area contributed by atoms with Gasteiger partial charge in [0.05, 0.1) is 29.3 Å². The molecule has 8 heteroatoms. The van der Waals surface area contributed by atoms with E-state index in [2.05, 4.69) is 26.8 Å². The summed E-state index contributed by atoms with van der Waals surface area (Å²) in [6.07, 6.45) is 2.76. The summed E-state index contributed by atoms with van der Waals surface area (Å²) in [5.74, 6) is 0.785. The quantitative estimate of drug-likeness (QED) is 0.496. The van der Waals surface area contributed by atoms with Crippen LogP contribution in [-0.2, 0) is 6.42 Å². The SMILES string of the molecule is Cc1nc2ccccn2c1-c1ccc2c(c1)N(c1nc3c(s1)C(=O)NC(C)(C)C3)CCO2. The lowest BCUT2D eigenvalue weighted by Crippen LogP contribution is -2.48. The lowest BCUT2D eigenvalue weighted by atomic mass is 9.94. The fourth-order valence-corrected chi connectivity index (χ4v) is 5.62. The summed E-state index contributed by atoms with van der Waals surface area (Å²) in [6.45, 7) is 7.34. The number of nitrogens with zero attached hydrogens (tertiary/aromatic N) is 4. The van der Waals surface area contributed by atoms with E-state index in [1.807, 2.05) is 51.2 Å².